The molecule has 2 N–H and O–H groups in total. The van der Waals surface area contributed by atoms with Crippen molar-refractivity contribution in [2.24, 2.45) is 5.92 Å². The molecule has 0 bridgehead atoms. The van der Waals surface area contributed by atoms with E-state index in [9.17, 15) is 0 Å². The molecule has 0 saturated carbocycles. The molecule has 16 heavy (non-hydrogen) atoms. The lowest BCUT2D eigenvalue weighted by Crippen LogP contribution is -2.03. The molecule has 0 aliphatic carbocycles. The van der Waals surface area contributed by atoms with Gasteiger partial charge in [0.15, 0.2) is 0 Å². The van der Waals surface area contributed by atoms with Crippen LogP contribution in [0.15, 0.2) is 24.8 Å². The van der Waals surface area contributed by atoms with E-state index in [-0.39, 0.29) is 0 Å². The largest absolute Gasteiger partial charge is 0.398 e. The van der Waals surface area contributed by atoms with E-state index in [2.05, 4.69) is 45.5 Å². The number of aryl methyl sites for hydroxylation is 1. The van der Waals surface area contributed by atoms with Gasteiger partial charge < -0.3 is 5.73 Å². The van der Waals surface area contributed by atoms with Crippen molar-refractivity contribution in [1.82, 2.24) is 0 Å². The first-order chi connectivity index (χ1) is 7.61. The molecule has 0 spiro atoms. The molecule has 1 aromatic carbocycles. The molecule has 1 rings (SSSR count). The number of hydrogen-bond donors (Lipinski definition) is 1. The first-order valence-corrected chi connectivity index (χ1v) is 6.18. The molecule has 0 aliphatic heterocycles. The van der Waals surface area contributed by atoms with Gasteiger partial charge in [-0.25, -0.2) is 0 Å². The molecule has 1 unspecified atom stereocenters. The molecule has 0 aromatic heterocycles. The molecule has 0 fully saturated rings. The van der Waals surface area contributed by atoms with E-state index < -0.39 is 0 Å². The molecule has 0 radical (unpaired) electrons. The first kappa shape index (κ1) is 12.8. The molecule has 1 nitrogen and oxygen atoms in total. The molecule has 1 heteroatoms. The summed E-state index contributed by atoms with van der Waals surface area (Å²) in [6.45, 7) is 10.8. The Morgan fingerprint density at radius 3 is 2.62 bits per heavy atom. The highest BCUT2D eigenvalue weighted by atomic mass is 14.6. The maximum Gasteiger partial charge on any atom is 0.0422 e. The highest BCUT2D eigenvalue weighted by Crippen LogP contribution is 2.30. The average Bonchev–Trinajstić information content (AvgIpc) is 2.29. The smallest absolute Gasteiger partial charge is 0.0422 e. The summed E-state index contributed by atoms with van der Waals surface area (Å²) >= 11 is 0. The van der Waals surface area contributed by atoms with Crippen molar-refractivity contribution in [2.75, 3.05) is 5.73 Å². The molecule has 0 aliphatic rings. The van der Waals surface area contributed by atoms with E-state index in [1.165, 1.54) is 24.0 Å². The van der Waals surface area contributed by atoms with Crippen LogP contribution in [-0.2, 0) is 6.42 Å². The van der Waals surface area contributed by atoms with Crippen molar-refractivity contribution in [1.29, 1.82) is 0 Å². The Kier molecular flexibility index (Phi) is 4.60. The van der Waals surface area contributed by atoms with Crippen LogP contribution >= 0.6 is 0 Å². The summed E-state index contributed by atoms with van der Waals surface area (Å²) in [5, 5.41) is 0. The van der Waals surface area contributed by atoms with E-state index in [0.29, 0.717) is 5.92 Å². The van der Waals surface area contributed by atoms with Crippen LogP contribution in [0.2, 0.25) is 0 Å². The van der Waals surface area contributed by atoms with Crippen LogP contribution in [0.25, 0.3) is 5.57 Å². The van der Waals surface area contributed by atoms with Gasteiger partial charge in [-0.2, -0.15) is 0 Å². The zero-order valence-corrected chi connectivity index (χ0v) is 10.7. The Bertz CT molecular complexity index is 366. The summed E-state index contributed by atoms with van der Waals surface area (Å²) < 4.78 is 0. The molecule has 1 aromatic rings. The summed E-state index contributed by atoms with van der Waals surface area (Å²) in [6.07, 6.45) is 3.34. The first-order valence-electron chi connectivity index (χ1n) is 6.18. The second-order valence-corrected chi connectivity index (χ2v) is 4.45. The third-order valence-electron chi connectivity index (χ3n) is 3.24. The third kappa shape index (κ3) is 2.66. The van der Waals surface area contributed by atoms with E-state index in [1.54, 1.807) is 0 Å². The maximum atomic E-state index is 6.17. The summed E-state index contributed by atoms with van der Waals surface area (Å²) in [7, 11) is 0. The van der Waals surface area contributed by atoms with Gasteiger partial charge in [-0.1, -0.05) is 52.0 Å². The Balaban J connectivity index is 2.99. The van der Waals surface area contributed by atoms with Gasteiger partial charge in [0.25, 0.3) is 0 Å². The maximum absolute atomic E-state index is 6.17. The number of para-hydroxylation sites is 1. The van der Waals surface area contributed by atoms with Gasteiger partial charge in [0.05, 0.1) is 0 Å². The number of allylic oxidation sites excluding steroid dienone is 1. The normalized spacial score (nSPS) is 12.4. The number of anilines is 1. The highest BCUT2D eigenvalue weighted by Gasteiger charge is 2.12. The van der Waals surface area contributed by atoms with Gasteiger partial charge >= 0.3 is 0 Å². The van der Waals surface area contributed by atoms with Crippen LogP contribution in [-0.4, -0.2) is 0 Å². The van der Waals surface area contributed by atoms with E-state index in [4.69, 9.17) is 5.73 Å². The van der Waals surface area contributed by atoms with E-state index >= 15 is 0 Å². The number of nitrogen functional groups attached to an aromatic ring is 1. The Morgan fingerprint density at radius 1 is 1.38 bits per heavy atom. The molecule has 1 atom stereocenters. The number of benzene rings is 1. The predicted molar refractivity (Wildman–Crippen MR) is 73.3 cm³/mol. The highest BCUT2D eigenvalue weighted by molar-refractivity contribution is 5.76. The lowest BCUT2D eigenvalue weighted by atomic mass is 9.89. The van der Waals surface area contributed by atoms with Gasteiger partial charge in [-0.05, 0) is 29.9 Å². The monoisotopic (exact) mass is 217 g/mol. The summed E-state index contributed by atoms with van der Waals surface area (Å²) in [6, 6.07) is 6.26. The number of nitrogens with two attached hydrogens (primary N) is 1. The summed E-state index contributed by atoms with van der Waals surface area (Å²) in [5.41, 5.74) is 10.6. The van der Waals surface area contributed by atoms with Gasteiger partial charge in [0, 0.05) is 11.3 Å². The van der Waals surface area contributed by atoms with Crippen LogP contribution in [0.3, 0.4) is 0 Å². The zero-order valence-electron chi connectivity index (χ0n) is 10.7. The second kappa shape index (κ2) is 5.74. The van der Waals surface area contributed by atoms with Crippen LogP contribution in [0.1, 0.15) is 44.7 Å². The predicted octanol–water partition coefficient (Wildman–Crippen LogP) is 4.28. The Morgan fingerprint density at radius 2 is 2.06 bits per heavy atom. The van der Waals surface area contributed by atoms with Crippen LogP contribution in [0, 0.1) is 5.92 Å². The van der Waals surface area contributed by atoms with Crippen molar-refractivity contribution in [3.05, 3.63) is 35.9 Å². The molecular formula is C15H23N. The minimum absolute atomic E-state index is 0.513. The van der Waals surface area contributed by atoms with Crippen molar-refractivity contribution in [3.63, 3.8) is 0 Å². The molecule has 88 valence electrons. The third-order valence-corrected chi connectivity index (χ3v) is 3.24. The van der Waals surface area contributed by atoms with E-state index in [1.807, 2.05) is 0 Å². The van der Waals surface area contributed by atoms with Crippen molar-refractivity contribution in [2.45, 2.75) is 40.0 Å². The van der Waals surface area contributed by atoms with Crippen LogP contribution < -0.4 is 5.73 Å². The Hall–Kier alpha value is -1.24. The quantitative estimate of drug-likeness (QED) is 0.732. The van der Waals surface area contributed by atoms with Crippen molar-refractivity contribution >= 4 is 11.3 Å². The molecule has 0 amide bonds. The fourth-order valence-electron chi connectivity index (χ4n) is 2.07. The van der Waals surface area contributed by atoms with Gasteiger partial charge in [-0.3, -0.25) is 0 Å². The summed E-state index contributed by atoms with van der Waals surface area (Å²) in [4.78, 5) is 0. The number of rotatable bonds is 5. The van der Waals surface area contributed by atoms with Crippen LogP contribution in [0.5, 0.6) is 0 Å². The Labute approximate surface area is 99.4 Å². The standard InChI is InChI=1S/C15H23N/c1-5-8-11(3)12(4)14-10-7-9-13(6-2)15(14)16/h7,9-11H,4-6,8,16H2,1-3H3. The molecule has 0 heterocycles. The fourth-order valence-corrected chi connectivity index (χ4v) is 2.07. The minimum Gasteiger partial charge on any atom is -0.398 e. The average molecular weight is 217 g/mol. The fraction of sp³-hybridized carbons (Fsp3) is 0.467. The van der Waals surface area contributed by atoms with Crippen LogP contribution in [0.4, 0.5) is 5.69 Å². The second-order valence-electron chi connectivity index (χ2n) is 4.45. The lowest BCUT2D eigenvalue weighted by molar-refractivity contribution is 0.651. The van der Waals surface area contributed by atoms with E-state index in [0.717, 1.165) is 17.7 Å². The minimum atomic E-state index is 0.513. The molecular weight excluding hydrogens is 194 g/mol. The molecule has 0 saturated heterocycles. The SMILES string of the molecule is C=C(c1cccc(CC)c1N)C(C)CCC. The van der Waals surface area contributed by atoms with Crippen molar-refractivity contribution in [3.8, 4) is 0 Å². The zero-order chi connectivity index (χ0) is 12.1. The van der Waals surface area contributed by atoms with Gasteiger partial charge in [-0.15, -0.1) is 0 Å². The number of hydrogen-bond acceptors (Lipinski definition) is 1. The van der Waals surface area contributed by atoms with Gasteiger partial charge in [0.1, 0.15) is 0 Å². The topological polar surface area (TPSA) is 26.0 Å². The van der Waals surface area contributed by atoms with Crippen molar-refractivity contribution < 1.29 is 0 Å². The lowest BCUT2D eigenvalue weighted by Gasteiger charge is -2.17. The summed E-state index contributed by atoms with van der Waals surface area (Å²) in [5.74, 6) is 0.513. The van der Waals surface area contributed by atoms with Gasteiger partial charge in [0.2, 0.25) is 0 Å².